The van der Waals surface area contributed by atoms with Gasteiger partial charge in [-0.25, -0.2) is 0 Å². The van der Waals surface area contributed by atoms with Crippen LogP contribution in [0.25, 0.3) is 0 Å². The molecule has 22 heavy (non-hydrogen) atoms. The van der Waals surface area contributed by atoms with Crippen molar-refractivity contribution in [2.45, 2.75) is 5.66 Å². The van der Waals surface area contributed by atoms with Gasteiger partial charge in [-0.3, -0.25) is 0 Å². The molecule has 4 nitrogen and oxygen atoms in total. The molecule has 0 heterocycles. The molecule has 0 amide bonds. The van der Waals surface area contributed by atoms with E-state index >= 15 is 0 Å². The number of hydrogen-bond acceptors (Lipinski definition) is 4. The third-order valence-electron chi connectivity index (χ3n) is 3.55. The molecule has 118 valence electrons. The smallest absolute Gasteiger partial charge is 0.126 e. The molecule has 5 heteroatoms. The second-order valence-corrected chi connectivity index (χ2v) is 5.30. The summed E-state index contributed by atoms with van der Waals surface area (Å²) < 4.78 is 22.0. The fraction of sp³-hybridized carbons (Fsp3) is 0.294. The standard InChI is InChI=1S/C17H21O4P/c1-18-11-7-5-8-12(19-2)15(11)17(22)16-13(20-3)9-6-10-14(16)21-4/h5-10,17H,22H2,1-4H3. The minimum Gasteiger partial charge on any atom is -0.496 e. The van der Waals surface area contributed by atoms with Crippen molar-refractivity contribution < 1.29 is 18.9 Å². The van der Waals surface area contributed by atoms with Crippen LogP contribution in [0.3, 0.4) is 0 Å². The van der Waals surface area contributed by atoms with Crippen LogP contribution in [0.5, 0.6) is 23.0 Å². The average molecular weight is 320 g/mol. The van der Waals surface area contributed by atoms with Gasteiger partial charge in [0, 0.05) is 16.8 Å². The molecule has 0 aliphatic rings. The van der Waals surface area contributed by atoms with Crippen molar-refractivity contribution in [3.05, 3.63) is 47.5 Å². The van der Waals surface area contributed by atoms with Gasteiger partial charge in [-0.1, -0.05) is 12.1 Å². The van der Waals surface area contributed by atoms with Gasteiger partial charge in [-0.05, 0) is 24.3 Å². The topological polar surface area (TPSA) is 36.9 Å². The van der Waals surface area contributed by atoms with Gasteiger partial charge in [-0.2, -0.15) is 0 Å². The largest absolute Gasteiger partial charge is 0.496 e. The van der Waals surface area contributed by atoms with Crippen molar-refractivity contribution in [3.8, 4) is 23.0 Å². The molecular formula is C17H21O4P. The molecule has 0 aliphatic heterocycles. The number of ether oxygens (including phenoxy) is 4. The Morgan fingerprint density at radius 1 is 0.636 bits per heavy atom. The summed E-state index contributed by atoms with van der Waals surface area (Å²) in [5, 5.41) is 0. The summed E-state index contributed by atoms with van der Waals surface area (Å²) in [4.78, 5) is 0. The lowest BCUT2D eigenvalue weighted by molar-refractivity contribution is 0.377. The summed E-state index contributed by atoms with van der Waals surface area (Å²) in [6.07, 6.45) is 0. The Morgan fingerprint density at radius 2 is 0.909 bits per heavy atom. The molecule has 0 radical (unpaired) electrons. The molecular weight excluding hydrogens is 299 g/mol. The number of benzene rings is 2. The monoisotopic (exact) mass is 320 g/mol. The van der Waals surface area contributed by atoms with E-state index in [1.165, 1.54) is 0 Å². The molecule has 1 unspecified atom stereocenters. The van der Waals surface area contributed by atoms with E-state index in [9.17, 15) is 0 Å². The van der Waals surface area contributed by atoms with E-state index in [4.69, 9.17) is 18.9 Å². The lowest BCUT2D eigenvalue weighted by Gasteiger charge is -2.22. The third-order valence-corrected chi connectivity index (χ3v) is 4.22. The van der Waals surface area contributed by atoms with Gasteiger partial charge < -0.3 is 18.9 Å². The molecule has 0 fully saturated rings. The van der Waals surface area contributed by atoms with Crippen LogP contribution in [-0.4, -0.2) is 28.4 Å². The zero-order valence-corrected chi connectivity index (χ0v) is 14.4. The van der Waals surface area contributed by atoms with Crippen molar-refractivity contribution in [2.75, 3.05) is 28.4 Å². The highest BCUT2D eigenvalue weighted by Crippen LogP contribution is 2.48. The molecule has 1 atom stereocenters. The maximum Gasteiger partial charge on any atom is 0.126 e. The van der Waals surface area contributed by atoms with Crippen molar-refractivity contribution in [1.29, 1.82) is 0 Å². The Kier molecular flexibility index (Phi) is 5.51. The van der Waals surface area contributed by atoms with E-state index < -0.39 is 0 Å². The van der Waals surface area contributed by atoms with Crippen LogP contribution < -0.4 is 18.9 Å². The van der Waals surface area contributed by atoms with Gasteiger partial charge in [0.2, 0.25) is 0 Å². The quantitative estimate of drug-likeness (QED) is 0.761. The Hall–Kier alpha value is -1.93. The SMILES string of the molecule is COc1cccc(OC)c1C(P)c1c(OC)cccc1OC. The van der Waals surface area contributed by atoms with Gasteiger partial charge in [-0.15, -0.1) is 9.24 Å². The second-order valence-electron chi connectivity index (χ2n) is 4.63. The molecule has 0 bridgehead atoms. The molecule has 0 saturated carbocycles. The first kappa shape index (κ1) is 16.4. The molecule has 2 aromatic rings. The Labute approximate surface area is 133 Å². The highest BCUT2D eigenvalue weighted by atomic mass is 31.0. The van der Waals surface area contributed by atoms with Crippen LogP contribution in [0.1, 0.15) is 16.8 Å². The summed E-state index contributed by atoms with van der Waals surface area (Å²) in [7, 11) is 9.41. The molecule has 0 aliphatic carbocycles. The predicted molar refractivity (Wildman–Crippen MR) is 90.6 cm³/mol. The molecule has 0 saturated heterocycles. The van der Waals surface area contributed by atoms with Gasteiger partial charge in [0.25, 0.3) is 0 Å². The van der Waals surface area contributed by atoms with E-state index in [0.717, 1.165) is 34.1 Å². The normalized spacial score (nSPS) is 10.5. The van der Waals surface area contributed by atoms with Crippen LogP contribution in [0, 0.1) is 0 Å². The minimum absolute atomic E-state index is 0.0998. The summed E-state index contributed by atoms with van der Waals surface area (Å²) in [6.45, 7) is 0. The first-order valence-electron chi connectivity index (χ1n) is 6.85. The van der Waals surface area contributed by atoms with Crippen LogP contribution in [0.4, 0.5) is 0 Å². The molecule has 2 rings (SSSR count). The zero-order chi connectivity index (χ0) is 16.1. The van der Waals surface area contributed by atoms with Crippen molar-refractivity contribution in [1.82, 2.24) is 0 Å². The molecule has 2 aromatic carbocycles. The van der Waals surface area contributed by atoms with Crippen LogP contribution in [0.2, 0.25) is 0 Å². The Balaban J connectivity index is 2.65. The second kappa shape index (κ2) is 7.37. The third kappa shape index (κ3) is 2.97. The van der Waals surface area contributed by atoms with Gasteiger partial charge in [0.05, 0.1) is 28.4 Å². The lowest BCUT2D eigenvalue weighted by atomic mass is 10.00. The van der Waals surface area contributed by atoms with Crippen LogP contribution in [-0.2, 0) is 0 Å². The first-order valence-corrected chi connectivity index (χ1v) is 7.51. The van der Waals surface area contributed by atoms with Crippen LogP contribution >= 0.6 is 9.24 Å². The minimum atomic E-state index is -0.0998. The summed E-state index contributed by atoms with van der Waals surface area (Å²) in [5.41, 5.74) is 1.76. The van der Waals surface area contributed by atoms with Gasteiger partial charge >= 0.3 is 0 Å². The average Bonchev–Trinajstić information content (AvgIpc) is 2.59. The van der Waals surface area contributed by atoms with Crippen molar-refractivity contribution in [3.63, 3.8) is 0 Å². The maximum absolute atomic E-state index is 5.50. The van der Waals surface area contributed by atoms with Crippen molar-refractivity contribution in [2.24, 2.45) is 0 Å². The lowest BCUT2D eigenvalue weighted by Crippen LogP contribution is -2.04. The van der Waals surface area contributed by atoms with E-state index in [-0.39, 0.29) is 5.66 Å². The van der Waals surface area contributed by atoms with E-state index in [2.05, 4.69) is 9.24 Å². The highest BCUT2D eigenvalue weighted by Gasteiger charge is 2.24. The van der Waals surface area contributed by atoms with E-state index in [1.54, 1.807) is 28.4 Å². The predicted octanol–water partition coefficient (Wildman–Crippen LogP) is 3.69. The first-order chi connectivity index (χ1) is 10.7. The van der Waals surface area contributed by atoms with E-state index in [1.807, 2.05) is 36.4 Å². The zero-order valence-electron chi connectivity index (χ0n) is 13.3. The van der Waals surface area contributed by atoms with E-state index in [0.29, 0.717) is 0 Å². The Morgan fingerprint density at radius 3 is 1.14 bits per heavy atom. The number of rotatable bonds is 6. The fourth-order valence-electron chi connectivity index (χ4n) is 2.52. The highest BCUT2D eigenvalue weighted by molar-refractivity contribution is 7.17. The van der Waals surface area contributed by atoms with Gasteiger partial charge in [0.15, 0.2) is 0 Å². The number of hydrogen-bond donors (Lipinski definition) is 0. The summed E-state index contributed by atoms with van der Waals surface area (Å²) in [5.74, 6) is 3.03. The number of methoxy groups -OCH3 is 4. The summed E-state index contributed by atoms with van der Waals surface area (Å²) >= 11 is 0. The van der Waals surface area contributed by atoms with Crippen LogP contribution in [0.15, 0.2) is 36.4 Å². The summed E-state index contributed by atoms with van der Waals surface area (Å²) in [6, 6.07) is 11.5. The fourth-order valence-corrected chi connectivity index (χ4v) is 3.17. The maximum atomic E-state index is 5.50. The molecule has 0 aromatic heterocycles. The molecule has 0 N–H and O–H groups in total. The molecule has 0 spiro atoms. The van der Waals surface area contributed by atoms with Crippen molar-refractivity contribution >= 4 is 9.24 Å². The Bertz CT molecular complexity index is 543. The van der Waals surface area contributed by atoms with Gasteiger partial charge in [0.1, 0.15) is 23.0 Å².